The molecule has 0 bridgehead atoms. The predicted molar refractivity (Wildman–Crippen MR) is 60.8 cm³/mol. The third kappa shape index (κ3) is 2.71. The van der Waals surface area contributed by atoms with E-state index in [1.165, 1.54) is 0 Å². The van der Waals surface area contributed by atoms with Gasteiger partial charge in [-0.15, -0.1) is 0 Å². The van der Waals surface area contributed by atoms with Gasteiger partial charge in [0.1, 0.15) is 0 Å². The highest BCUT2D eigenvalue weighted by Crippen LogP contribution is 2.28. The highest BCUT2D eigenvalue weighted by molar-refractivity contribution is 5.71. The third-order valence-corrected chi connectivity index (χ3v) is 3.61. The van der Waals surface area contributed by atoms with Crippen molar-refractivity contribution in [3.63, 3.8) is 0 Å². The Morgan fingerprint density at radius 1 is 1.47 bits per heavy atom. The van der Waals surface area contributed by atoms with E-state index in [-0.39, 0.29) is 11.8 Å². The van der Waals surface area contributed by atoms with Crippen LogP contribution in [0.5, 0.6) is 0 Å². The first kappa shape index (κ1) is 12.5. The van der Waals surface area contributed by atoms with Gasteiger partial charge in [-0.1, -0.05) is 27.7 Å². The number of nitrogens with zero attached hydrogens (tertiary/aromatic N) is 1. The fourth-order valence-corrected chi connectivity index (χ4v) is 2.75. The molecule has 0 aromatic heterocycles. The minimum atomic E-state index is -0.636. The zero-order valence-electron chi connectivity index (χ0n) is 10.2. The predicted octanol–water partition coefficient (Wildman–Crippen LogP) is 2.07. The highest BCUT2D eigenvalue weighted by Gasteiger charge is 2.37. The van der Waals surface area contributed by atoms with Gasteiger partial charge in [-0.3, -0.25) is 9.69 Å². The van der Waals surface area contributed by atoms with Gasteiger partial charge in [-0.25, -0.2) is 0 Å². The molecule has 1 aliphatic heterocycles. The maximum Gasteiger partial charge on any atom is 0.308 e. The lowest BCUT2D eigenvalue weighted by Crippen LogP contribution is -2.37. The summed E-state index contributed by atoms with van der Waals surface area (Å²) in [7, 11) is 0. The molecule has 88 valence electrons. The van der Waals surface area contributed by atoms with Crippen LogP contribution in [-0.2, 0) is 4.79 Å². The molecule has 15 heavy (non-hydrogen) atoms. The summed E-state index contributed by atoms with van der Waals surface area (Å²) in [5.74, 6) is 0.0893. The zero-order valence-corrected chi connectivity index (χ0v) is 10.2. The Hall–Kier alpha value is -0.570. The van der Waals surface area contributed by atoms with Gasteiger partial charge in [-0.05, 0) is 18.3 Å². The molecule has 3 unspecified atom stereocenters. The summed E-state index contributed by atoms with van der Waals surface area (Å²) < 4.78 is 0. The first-order valence-electron chi connectivity index (χ1n) is 5.94. The molecule has 1 fully saturated rings. The van der Waals surface area contributed by atoms with Crippen LogP contribution in [0.15, 0.2) is 0 Å². The maximum absolute atomic E-state index is 11.0. The van der Waals surface area contributed by atoms with Crippen LogP contribution in [-0.4, -0.2) is 35.1 Å². The largest absolute Gasteiger partial charge is 0.481 e. The summed E-state index contributed by atoms with van der Waals surface area (Å²) in [5.41, 5.74) is 0. The molecule has 1 rings (SSSR count). The van der Waals surface area contributed by atoms with Crippen LogP contribution >= 0.6 is 0 Å². The molecule has 0 aromatic rings. The fourth-order valence-electron chi connectivity index (χ4n) is 2.75. The van der Waals surface area contributed by atoms with Gasteiger partial charge in [-0.2, -0.15) is 0 Å². The Morgan fingerprint density at radius 3 is 2.40 bits per heavy atom. The van der Waals surface area contributed by atoms with Gasteiger partial charge >= 0.3 is 5.97 Å². The number of hydrogen-bond acceptors (Lipinski definition) is 2. The maximum atomic E-state index is 11.0. The molecule has 0 saturated carbocycles. The van der Waals surface area contributed by atoms with Crippen molar-refractivity contribution in [2.75, 3.05) is 13.1 Å². The minimum absolute atomic E-state index is 0.169. The lowest BCUT2D eigenvalue weighted by atomic mass is 9.99. The molecule has 1 saturated heterocycles. The van der Waals surface area contributed by atoms with Crippen molar-refractivity contribution in [1.82, 2.24) is 4.90 Å². The molecule has 1 aliphatic rings. The first-order chi connectivity index (χ1) is 6.97. The third-order valence-electron chi connectivity index (χ3n) is 3.61. The van der Waals surface area contributed by atoms with E-state index in [1.54, 1.807) is 0 Å². The molecule has 0 aliphatic carbocycles. The summed E-state index contributed by atoms with van der Waals surface area (Å²) in [6.07, 6.45) is 1.11. The summed E-state index contributed by atoms with van der Waals surface area (Å²) >= 11 is 0. The van der Waals surface area contributed by atoms with E-state index in [1.807, 2.05) is 6.92 Å². The molecule has 1 N–H and O–H groups in total. The van der Waals surface area contributed by atoms with Crippen molar-refractivity contribution in [2.24, 2.45) is 17.8 Å². The SMILES string of the molecule is CCC(C(C)C)N1CC(C)C(C(=O)O)C1. The van der Waals surface area contributed by atoms with Gasteiger partial charge < -0.3 is 5.11 Å². The van der Waals surface area contributed by atoms with E-state index in [9.17, 15) is 4.79 Å². The average molecular weight is 213 g/mol. The summed E-state index contributed by atoms with van der Waals surface area (Å²) in [6, 6.07) is 0.539. The van der Waals surface area contributed by atoms with Gasteiger partial charge in [0.05, 0.1) is 5.92 Å². The number of aliphatic carboxylic acids is 1. The van der Waals surface area contributed by atoms with Crippen LogP contribution in [0.4, 0.5) is 0 Å². The molecule has 3 nitrogen and oxygen atoms in total. The van der Waals surface area contributed by atoms with Crippen molar-refractivity contribution in [1.29, 1.82) is 0 Å². The zero-order chi connectivity index (χ0) is 11.6. The molecular formula is C12H23NO2. The van der Waals surface area contributed by atoms with Crippen LogP contribution in [0.1, 0.15) is 34.1 Å². The Balaban J connectivity index is 2.64. The Kier molecular flexibility index (Phi) is 4.14. The van der Waals surface area contributed by atoms with E-state index >= 15 is 0 Å². The highest BCUT2D eigenvalue weighted by atomic mass is 16.4. The normalized spacial score (nSPS) is 29.7. The lowest BCUT2D eigenvalue weighted by Gasteiger charge is -2.30. The van der Waals surface area contributed by atoms with Gasteiger partial charge in [0.25, 0.3) is 0 Å². The Bertz CT molecular complexity index is 228. The van der Waals surface area contributed by atoms with E-state index in [0.29, 0.717) is 12.0 Å². The number of carboxylic acids is 1. The summed E-state index contributed by atoms with van der Waals surface area (Å²) in [4.78, 5) is 13.4. The number of rotatable bonds is 4. The second-order valence-electron chi connectivity index (χ2n) is 5.10. The molecular weight excluding hydrogens is 190 g/mol. The second-order valence-corrected chi connectivity index (χ2v) is 5.10. The van der Waals surface area contributed by atoms with Crippen LogP contribution in [0.25, 0.3) is 0 Å². The topological polar surface area (TPSA) is 40.5 Å². The number of likely N-dealkylation sites (tertiary alicyclic amines) is 1. The van der Waals surface area contributed by atoms with Gasteiger partial charge in [0.2, 0.25) is 0 Å². The molecule has 3 atom stereocenters. The number of hydrogen-bond donors (Lipinski definition) is 1. The van der Waals surface area contributed by atoms with Gasteiger partial charge in [0, 0.05) is 19.1 Å². The first-order valence-corrected chi connectivity index (χ1v) is 5.94. The smallest absolute Gasteiger partial charge is 0.308 e. The van der Waals surface area contributed by atoms with Crippen molar-refractivity contribution < 1.29 is 9.90 Å². The van der Waals surface area contributed by atoms with Crippen molar-refractivity contribution >= 4 is 5.97 Å². The van der Waals surface area contributed by atoms with E-state index in [2.05, 4.69) is 25.7 Å². The molecule has 0 radical (unpaired) electrons. The van der Waals surface area contributed by atoms with E-state index in [0.717, 1.165) is 19.5 Å². The van der Waals surface area contributed by atoms with Crippen molar-refractivity contribution in [3.8, 4) is 0 Å². The molecule has 0 aromatic carbocycles. The fraction of sp³-hybridized carbons (Fsp3) is 0.917. The van der Waals surface area contributed by atoms with Crippen LogP contribution in [0.2, 0.25) is 0 Å². The van der Waals surface area contributed by atoms with E-state index in [4.69, 9.17) is 5.11 Å². The number of carboxylic acid groups (broad SMARTS) is 1. The molecule has 0 amide bonds. The average Bonchev–Trinajstić information content (AvgIpc) is 2.48. The quantitative estimate of drug-likeness (QED) is 0.777. The van der Waals surface area contributed by atoms with Crippen LogP contribution < -0.4 is 0 Å². The molecule has 3 heteroatoms. The Labute approximate surface area is 92.5 Å². The molecule has 1 heterocycles. The summed E-state index contributed by atoms with van der Waals surface area (Å²) in [5, 5.41) is 9.07. The monoisotopic (exact) mass is 213 g/mol. The summed E-state index contributed by atoms with van der Waals surface area (Å²) in [6.45, 7) is 10.3. The minimum Gasteiger partial charge on any atom is -0.481 e. The lowest BCUT2D eigenvalue weighted by molar-refractivity contribution is -0.142. The van der Waals surface area contributed by atoms with E-state index < -0.39 is 5.97 Å². The van der Waals surface area contributed by atoms with Gasteiger partial charge in [0.15, 0.2) is 0 Å². The van der Waals surface area contributed by atoms with Crippen molar-refractivity contribution in [3.05, 3.63) is 0 Å². The number of carbonyl (C=O) groups is 1. The second kappa shape index (κ2) is 4.97. The van der Waals surface area contributed by atoms with Crippen LogP contribution in [0, 0.1) is 17.8 Å². The van der Waals surface area contributed by atoms with Crippen molar-refractivity contribution in [2.45, 2.75) is 40.2 Å². The molecule has 0 spiro atoms. The standard InChI is InChI=1S/C12H23NO2/c1-5-11(8(2)3)13-6-9(4)10(7-13)12(14)15/h8-11H,5-7H2,1-4H3,(H,14,15). The Morgan fingerprint density at radius 2 is 2.07 bits per heavy atom. The van der Waals surface area contributed by atoms with Crippen LogP contribution in [0.3, 0.4) is 0 Å².